The fourth-order valence-electron chi connectivity index (χ4n) is 3.17. The maximum absolute atomic E-state index is 12.3. The van der Waals surface area contributed by atoms with Crippen LogP contribution in [0.2, 0.25) is 0 Å². The van der Waals surface area contributed by atoms with Crippen molar-refractivity contribution >= 4 is 41.9 Å². The molecule has 0 bridgehead atoms. The van der Waals surface area contributed by atoms with Crippen LogP contribution in [0.3, 0.4) is 0 Å². The molecule has 1 fully saturated rings. The van der Waals surface area contributed by atoms with Crippen molar-refractivity contribution in [2.24, 2.45) is 4.99 Å². The molecule has 0 aromatic heterocycles. The second kappa shape index (κ2) is 13.3. The lowest BCUT2D eigenvalue weighted by Gasteiger charge is -2.23. The van der Waals surface area contributed by atoms with Crippen molar-refractivity contribution in [1.29, 1.82) is 0 Å². The third kappa shape index (κ3) is 9.49. The minimum atomic E-state index is -0.520. The molecule has 10 heteroatoms. The van der Waals surface area contributed by atoms with Crippen LogP contribution in [-0.2, 0) is 4.74 Å². The molecule has 1 aromatic carbocycles. The summed E-state index contributed by atoms with van der Waals surface area (Å²) in [5.41, 5.74) is 0.0273. The lowest BCUT2D eigenvalue weighted by atomic mass is 10.2. The highest BCUT2D eigenvalue weighted by Gasteiger charge is 2.27. The number of alkyl carbamates (subject to hydrolysis) is 1. The molecule has 3 N–H and O–H groups in total. The van der Waals surface area contributed by atoms with Crippen LogP contribution in [0.15, 0.2) is 29.3 Å². The average Bonchev–Trinajstić information content (AvgIpc) is 3.16. The summed E-state index contributed by atoms with van der Waals surface area (Å²) in [6.45, 7) is 10.6. The molecular weight excluding hydrogens is 525 g/mol. The van der Waals surface area contributed by atoms with E-state index in [1.54, 1.807) is 31.4 Å². The maximum Gasteiger partial charge on any atom is 0.407 e. The standard InChI is InChI=1S/C22H35N5O4.HI/c1-6-23-20(27-13-10-17(15-27)26-21(29)31-22(2,3)4)25-12-11-24-19(28)16-8-7-9-18(14-16)30-5;/h7-9,14,17H,6,10-13,15H2,1-5H3,(H,23,25)(H,24,28)(H,26,29);1H. The topological polar surface area (TPSA) is 104 Å². The number of likely N-dealkylation sites (tertiary alicyclic amines) is 1. The Bertz CT molecular complexity index is 782. The minimum Gasteiger partial charge on any atom is -0.497 e. The van der Waals surface area contributed by atoms with Gasteiger partial charge in [-0.3, -0.25) is 9.79 Å². The summed E-state index contributed by atoms with van der Waals surface area (Å²) in [5, 5.41) is 9.07. The van der Waals surface area contributed by atoms with Gasteiger partial charge in [0.15, 0.2) is 5.96 Å². The van der Waals surface area contributed by atoms with Gasteiger partial charge in [-0.15, -0.1) is 24.0 Å². The molecular formula is C22H36IN5O4. The fraction of sp³-hybridized carbons (Fsp3) is 0.591. The predicted octanol–water partition coefficient (Wildman–Crippen LogP) is 2.61. The molecule has 1 atom stereocenters. The Morgan fingerprint density at radius 3 is 2.66 bits per heavy atom. The molecule has 180 valence electrons. The van der Waals surface area contributed by atoms with Gasteiger partial charge in [0.25, 0.3) is 5.91 Å². The highest BCUT2D eigenvalue weighted by molar-refractivity contribution is 14.0. The molecule has 2 amide bonds. The molecule has 1 aliphatic heterocycles. The van der Waals surface area contributed by atoms with Gasteiger partial charge in [-0.05, 0) is 52.3 Å². The maximum atomic E-state index is 12.3. The number of ether oxygens (including phenoxy) is 2. The molecule has 9 nitrogen and oxygen atoms in total. The SMILES string of the molecule is CCNC(=NCCNC(=O)c1cccc(OC)c1)N1CCC(NC(=O)OC(C)(C)C)C1.I. The summed E-state index contributed by atoms with van der Waals surface area (Å²) < 4.78 is 10.5. The largest absolute Gasteiger partial charge is 0.497 e. The number of guanidine groups is 1. The van der Waals surface area contributed by atoms with Gasteiger partial charge in [0.05, 0.1) is 19.7 Å². The zero-order valence-electron chi connectivity index (χ0n) is 19.6. The summed E-state index contributed by atoms with van der Waals surface area (Å²) >= 11 is 0. The Labute approximate surface area is 207 Å². The Hall–Kier alpha value is -2.24. The number of nitrogens with zero attached hydrogens (tertiary/aromatic N) is 2. The number of rotatable bonds is 7. The minimum absolute atomic E-state index is 0. The van der Waals surface area contributed by atoms with Gasteiger partial charge in [0.1, 0.15) is 11.4 Å². The first kappa shape index (κ1) is 27.8. The summed E-state index contributed by atoms with van der Waals surface area (Å²) in [6, 6.07) is 7.03. The third-order valence-corrected chi connectivity index (χ3v) is 4.53. The molecule has 1 aromatic rings. The van der Waals surface area contributed by atoms with E-state index < -0.39 is 11.7 Å². The molecule has 1 saturated heterocycles. The predicted molar refractivity (Wildman–Crippen MR) is 136 cm³/mol. The van der Waals surface area contributed by atoms with E-state index in [1.807, 2.05) is 27.7 Å². The van der Waals surface area contributed by atoms with Crippen LogP contribution in [0, 0.1) is 0 Å². The van der Waals surface area contributed by atoms with E-state index in [2.05, 4.69) is 25.8 Å². The lowest BCUT2D eigenvalue weighted by Crippen LogP contribution is -2.44. The number of hydrogen-bond donors (Lipinski definition) is 3. The van der Waals surface area contributed by atoms with Gasteiger partial charge >= 0.3 is 6.09 Å². The Morgan fingerprint density at radius 1 is 1.25 bits per heavy atom. The van der Waals surface area contributed by atoms with Crippen LogP contribution < -0.4 is 20.7 Å². The van der Waals surface area contributed by atoms with E-state index >= 15 is 0 Å². The van der Waals surface area contributed by atoms with E-state index in [0.29, 0.717) is 30.9 Å². The Morgan fingerprint density at radius 2 is 2.00 bits per heavy atom. The van der Waals surface area contributed by atoms with Crippen molar-refractivity contribution in [2.45, 2.75) is 45.8 Å². The van der Waals surface area contributed by atoms with Crippen LogP contribution in [-0.4, -0.2) is 74.3 Å². The van der Waals surface area contributed by atoms with E-state index in [9.17, 15) is 9.59 Å². The quantitative estimate of drug-likeness (QED) is 0.205. The highest BCUT2D eigenvalue weighted by atomic mass is 127. The molecule has 2 rings (SSSR count). The number of carbonyl (C=O) groups excluding carboxylic acids is 2. The summed E-state index contributed by atoms with van der Waals surface area (Å²) in [6.07, 6.45) is 0.414. The number of amides is 2. The first-order valence-electron chi connectivity index (χ1n) is 10.7. The van der Waals surface area contributed by atoms with Crippen molar-refractivity contribution in [3.63, 3.8) is 0 Å². The van der Waals surface area contributed by atoms with Gasteiger partial charge < -0.3 is 30.3 Å². The van der Waals surface area contributed by atoms with Crippen LogP contribution >= 0.6 is 24.0 Å². The summed E-state index contributed by atoms with van der Waals surface area (Å²) in [5.74, 6) is 1.25. The van der Waals surface area contributed by atoms with Crippen LogP contribution in [0.25, 0.3) is 0 Å². The van der Waals surface area contributed by atoms with Crippen molar-refractivity contribution in [1.82, 2.24) is 20.9 Å². The Balaban J connectivity index is 0.00000512. The number of carbonyl (C=O) groups is 2. The normalized spacial score (nSPS) is 16.1. The summed E-state index contributed by atoms with van der Waals surface area (Å²) in [7, 11) is 1.57. The molecule has 32 heavy (non-hydrogen) atoms. The fourth-order valence-corrected chi connectivity index (χ4v) is 3.17. The Kier molecular flexibility index (Phi) is 11.6. The third-order valence-electron chi connectivity index (χ3n) is 4.53. The van der Waals surface area contributed by atoms with Gasteiger partial charge in [-0.1, -0.05) is 6.07 Å². The van der Waals surface area contributed by atoms with Crippen molar-refractivity contribution < 1.29 is 19.1 Å². The number of nitrogens with one attached hydrogen (secondary N) is 3. The number of hydrogen-bond acceptors (Lipinski definition) is 5. The number of methoxy groups -OCH3 is 1. The lowest BCUT2D eigenvalue weighted by molar-refractivity contribution is 0.0507. The van der Waals surface area contributed by atoms with Crippen molar-refractivity contribution in [3.05, 3.63) is 29.8 Å². The zero-order valence-corrected chi connectivity index (χ0v) is 21.9. The van der Waals surface area contributed by atoms with Gasteiger partial charge in [-0.25, -0.2) is 4.79 Å². The smallest absolute Gasteiger partial charge is 0.407 e. The number of halogens is 1. The van der Waals surface area contributed by atoms with E-state index in [4.69, 9.17) is 9.47 Å². The number of benzene rings is 1. The van der Waals surface area contributed by atoms with Crippen molar-refractivity contribution in [3.8, 4) is 5.75 Å². The van der Waals surface area contributed by atoms with Gasteiger partial charge in [-0.2, -0.15) is 0 Å². The molecule has 0 spiro atoms. The summed E-state index contributed by atoms with van der Waals surface area (Å²) in [4.78, 5) is 31.0. The van der Waals surface area contributed by atoms with E-state index in [0.717, 1.165) is 25.5 Å². The number of aliphatic imine (C=N–C) groups is 1. The zero-order chi connectivity index (χ0) is 22.9. The molecule has 1 heterocycles. The van der Waals surface area contributed by atoms with E-state index in [1.165, 1.54) is 0 Å². The average molecular weight is 561 g/mol. The second-order valence-corrected chi connectivity index (χ2v) is 8.30. The molecule has 1 unspecified atom stereocenters. The van der Waals surface area contributed by atoms with Crippen LogP contribution in [0.4, 0.5) is 4.79 Å². The van der Waals surface area contributed by atoms with E-state index in [-0.39, 0.29) is 35.9 Å². The molecule has 1 aliphatic rings. The van der Waals surface area contributed by atoms with Crippen molar-refractivity contribution in [2.75, 3.05) is 39.8 Å². The van der Waals surface area contributed by atoms with Crippen LogP contribution in [0.1, 0.15) is 44.5 Å². The van der Waals surface area contributed by atoms with Gasteiger partial charge in [0.2, 0.25) is 0 Å². The first-order valence-corrected chi connectivity index (χ1v) is 10.7. The monoisotopic (exact) mass is 561 g/mol. The first-order chi connectivity index (χ1) is 14.7. The molecule has 0 saturated carbocycles. The van der Waals surface area contributed by atoms with Gasteiger partial charge in [0, 0.05) is 31.7 Å². The molecule has 0 radical (unpaired) electrons. The van der Waals surface area contributed by atoms with Crippen LogP contribution in [0.5, 0.6) is 5.75 Å². The second-order valence-electron chi connectivity index (χ2n) is 8.30. The highest BCUT2D eigenvalue weighted by Crippen LogP contribution is 2.13. The molecule has 0 aliphatic carbocycles.